The van der Waals surface area contributed by atoms with Crippen molar-refractivity contribution in [1.82, 2.24) is 24.9 Å². The van der Waals surface area contributed by atoms with Crippen LogP contribution in [0.15, 0.2) is 53.3 Å². The molecule has 0 saturated carbocycles. The van der Waals surface area contributed by atoms with Gasteiger partial charge < -0.3 is 24.0 Å². The molecule has 2 aromatic heterocycles. The van der Waals surface area contributed by atoms with Crippen LogP contribution >= 0.6 is 0 Å². The molecule has 2 aliphatic rings. The molecule has 1 atom stereocenters. The Morgan fingerprint density at radius 2 is 2.00 bits per heavy atom. The zero-order chi connectivity index (χ0) is 22.1. The number of nitrogens with zero attached hydrogens (tertiary/aromatic N) is 4. The fourth-order valence-corrected chi connectivity index (χ4v) is 4.47. The van der Waals surface area contributed by atoms with E-state index >= 15 is 0 Å². The molecule has 0 bridgehead atoms. The first-order valence-corrected chi connectivity index (χ1v) is 10.8. The molecule has 9 heteroatoms. The first kappa shape index (κ1) is 20.4. The van der Waals surface area contributed by atoms with Crippen molar-refractivity contribution in [3.05, 3.63) is 71.6 Å². The largest absolute Gasteiger partial charge is 0.361 e. The topological polar surface area (TPSA) is 102 Å². The number of hydrogen-bond acceptors (Lipinski definition) is 6. The highest BCUT2D eigenvalue weighted by atomic mass is 16.5. The van der Waals surface area contributed by atoms with Crippen LogP contribution in [0.5, 0.6) is 0 Å². The lowest BCUT2D eigenvalue weighted by molar-refractivity contribution is -0.172. The number of nitrogens with one attached hydrogen (secondary N) is 1. The summed E-state index contributed by atoms with van der Waals surface area (Å²) in [4.78, 5) is 32.0. The number of amides is 2. The van der Waals surface area contributed by atoms with Crippen LogP contribution < -0.4 is 5.32 Å². The molecule has 1 N–H and O–H groups in total. The SMILES string of the molecule is Cc1cc(C(=O)N2CCC3(CC2)O[C@@H](C(=O)NCc2ccccc2)Cn2ccnc23)no1. The Hall–Kier alpha value is -3.46. The van der Waals surface area contributed by atoms with Crippen molar-refractivity contribution in [1.29, 1.82) is 0 Å². The number of hydrogen-bond donors (Lipinski definition) is 1. The highest BCUT2D eigenvalue weighted by Crippen LogP contribution is 2.40. The van der Waals surface area contributed by atoms with Gasteiger partial charge in [0.1, 0.15) is 17.2 Å². The molecule has 5 rings (SSSR count). The third kappa shape index (κ3) is 3.80. The third-order valence-electron chi connectivity index (χ3n) is 6.16. The molecule has 2 amide bonds. The average molecular weight is 435 g/mol. The van der Waals surface area contributed by atoms with Gasteiger partial charge in [0.15, 0.2) is 11.8 Å². The number of rotatable bonds is 4. The quantitative estimate of drug-likeness (QED) is 0.673. The molecule has 0 radical (unpaired) electrons. The van der Waals surface area contributed by atoms with Crippen molar-refractivity contribution in [3.63, 3.8) is 0 Å². The lowest BCUT2D eigenvalue weighted by Crippen LogP contribution is -2.54. The second kappa shape index (κ2) is 8.23. The monoisotopic (exact) mass is 435 g/mol. The van der Waals surface area contributed by atoms with Gasteiger partial charge in [0, 0.05) is 50.9 Å². The zero-order valence-corrected chi connectivity index (χ0v) is 17.9. The summed E-state index contributed by atoms with van der Waals surface area (Å²) >= 11 is 0. The van der Waals surface area contributed by atoms with Crippen LogP contribution in [0.3, 0.4) is 0 Å². The highest BCUT2D eigenvalue weighted by molar-refractivity contribution is 5.92. The second-order valence-electron chi connectivity index (χ2n) is 8.32. The van der Waals surface area contributed by atoms with Crippen LogP contribution in [-0.2, 0) is 28.2 Å². The maximum Gasteiger partial charge on any atom is 0.276 e. The van der Waals surface area contributed by atoms with Crippen LogP contribution in [0.1, 0.15) is 40.5 Å². The summed E-state index contributed by atoms with van der Waals surface area (Å²) in [7, 11) is 0. The Morgan fingerprint density at radius 3 is 2.72 bits per heavy atom. The molecule has 1 fully saturated rings. The van der Waals surface area contributed by atoms with Crippen molar-refractivity contribution >= 4 is 11.8 Å². The number of aromatic nitrogens is 3. The van der Waals surface area contributed by atoms with Gasteiger partial charge in [-0.15, -0.1) is 0 Å². The molecule has 9 nitrogen and oxygen atoms in total. The Bertz CT molecular complexity index is 1110. The molecule has 1 saturated heterocycles. The number of carbonyl (C=O) groups is 2. The van der Waals surface area contributed by atoms with E-state index in [9.17, 15) is 9.59 Å². The van der Waals surface area contributed by atoms with Crippen LogP contribution in [-0.4, -0.2) is 50.6 Å². The Morgan fingerprint density at radius 1 is 1.22 bits per heavy atom. The number of carbonyl (C=O) groups excluding carboxylic acids is 2. The lowest BCUT2D eigenvalue weighted by Gasteiger charge is -2.45. The van der Waals surface area contributed by atoms with Gasteiger partial charge in [-0.1, -0.05) is 35.5 Å². The molecule has 1 aromatic carbocycles. The standard InChI is InChI=1S/C23H25N5O4/c1-16-13-18(26-32-16)21(30)27-10-7-23(8-11-27)22-24-9-12-28(22)15-19(31-23)20(29)25-14-17-5-3-2-4-6-17/h2-6,9,12-13,19H,7-8,10-11,14-15H2,1H3,(H,25,29)/t19-/m1/s1. The van der Waals surface area contributed by atoms with Gasteiger partial charge >= 0.3 is 0 Å². The molecule has 2 aliphatic heterocycles. The number of aryl methyl sites for hydroxylation is 1. The summed E-state index contributed by atoms with van der Waals surface area (Å²) in [6.07, 6.45) is 4.10. The summed E-state index contributed by atoms with van der Waals surface area (Å²) in [6, 6.07) is 11.4. The number of piperidine rings is 1. The summed E-state index contributed by atoms with van der Waals surface area (Å²) in [6.45, 7) is 3.58. The molecule has 32 heavy (non-hydrogen) atoms. The van der Waals surface area contributed by atoms with Crippen LogP contribution in [0.4, 0.5) is 0 Å². The number of imidazole rings is 1. The Balaban J connectivity index is 1.28. The van der Waals surface area contributed by atoms with Crippen molar-refractivity contribution < 1.29 is 18.8 Å². The zero-order valence-electron chi connectivity index (χ0n) is 17.9. The Kier molecular flexibility index (Phi) is 5.26. The van der Waals surface area contributed by atoms with Crippen LogP contribution in [0, 0.1) is 6.92 Å². The molecule has 0 aliphatic carbocycles. The molecule has 3 aromatic rings. The minimum absolute atomic E-state index is 0.149. The maximum absolute atomic E-state index is 12.9. The summed E-state index contributed by atoms with van der Waals surface area (Å²) < 4.78 is 13.5. The summed E-state index contributed by atoms with van der Waals surface area (Å²) in [5.74, 6) is 1.11. The fraction of sp³-hybridized carbons (Fsp3) is 0.391. The number of likely N-dealkylation sites (tertiary alicyclic amines) is 1. The predicted molar refractivity (Wildman–Crippen MR) is 113 cm³/mol. The molecule has 166 valence electrons. The second-order valence-corrected chi connectivity index (χ2v) is 8.32. The highest BCUT2D eigenvalue weighted by Gasteiger charge is 2.47. The van der Waals surface area contributed by atoms with Crippen molar-refractivity contribution in [3.8, 4) is 0 Å². The van der Waals surface area contributed by atoms with Gasteiger partial charge in [-0.05, 0) is 12.5 Å². The molecule has 4 heterocycles. The fourth-order valence-electron chi connectivity index (χ4n) is 4.47. The third-order valence-corrected chi connectivity index (χ3v) is 6.16. The van der Waals surface area contributed by atoms with Crippen LogP contribution in [0.2, 0.25) is 0 Å². The number of fused-ring (bicyclic) bond motifs is 2. The molecular weight excluding hydrogens is 410 g/mol. The number of ether oxygens (including phenoxy) is 1. The van der Waals surface area contributed by atoms with Gasteiger partial charge in [-0.2, -0.15) is 0 Å². The van der Waals surface area contributed by atoms with Crippen molar-refractivity contribution in [2.45, 2.75) is 44.6 Å². The average Bonchev–Trinajstić information content (AvgIpc) is 3.48. The summed E-state index contributed by atoms with van der Waals surface area (Å²) in [5.41, 5.74) is 0.639. The van der Waals surface area contributed by atoms with E-state index in [-0.39, 0.29) is 11.8 Å². The van der Waals surface area contributed by atoms with E-state index in [2.05, 4.69) is 15.5 Å². The van der Waals surface area contributed by atoms with Crippen molar-refractivity contribution in [2.24, 2.45) is 0 Å². The first-order valence-electron chi connectivity index (χ1n) is 10.8. The Labute approximate surface area is 185 Å². The lowest BCUT2D eigenvalue weighted by atomic mass is 9.88. The van der Waals surface area contributed by atoms with Crippen LogP contribution in [0.25, 0.3) is 0 Å². The van der Waals surface area contributed by atoms with Gasteiger partial charge in [-0.3, -0.25) is 9.59 Å². The molecule has 0 unspecified atom stereocenters. The minimum atomic E-state index is -0.701. The van der Waals surface area contributed by atoms with Crippen molar-refractivity contribution in [2.75, 3.05) is 13.1 Å². The predicted octanol–water partition coefficient (Wildman–Crippen LogP) is 2.03. The molecular formula is C23H25N5O4. The normalized spacial score (nSPS) is 19.5. The van der Waals surface area contributed by atoms with Gasteiger partial charge in [0.2, 0.25) is 0 Å². The number of benzene rings is 1. The van der Waals surface area contributed by atoms with Gasteiger partial charge in [-0.25, -0.2) is 4.98 Å². The molecule has 1 spiro atoms. The first-order chi connectivity index (χ1) is 15.5. The van der Waals surface area contributed by atoms with E-state index in [1.54, 1.807) is 24.1 Å². The van der Waals surface area contributed by atoms with E-state index in [0.717, 1.165) is 11.4 Å². The van der Waals surface area contributed by atoms with Gasteiger partial charge in [0.25, 0.3) is 11.8 Å². The van der Waals surface area contributed by atoms with E-state index in [4.69, 9.17) is 9.26 Å². The maximum atomic E-state index is 12.9. The van der Waals surface area contributed by atoms with Gasteiger partial charge in [0.05, 0.1) is 6.54 Å². The summed E-state index contributed by atoms with van der Waals surface area (Å²) in [5, 5.41) is 6.82. The van der Waals surface area contributed by atoms with E-state index in [1.807, 2.05) is 41.1 Å². The minimum Gasteiger partial charge on any atom is -0.361 e. The van der Waals surface area contributed by atoms with E-state index in [1.165, 1.54) is 0 Å². The van der Waals surface area contributed by atoms with E-state index < -0.39 is 11.7 Å². The smallest absolute Gasteiger partial charge is 0.276 e. The van der Waals surface area contributed by atoms with E-state index in [0.29, 0.717) is 50.5 Å².